The number of carbonyl (C=O) groups is 3. The van der Waals surface area contributed by atoms with Crippen LogP contribution in [0.25, 0.3) is 0 Å². The van der Waals surface area contributed by atoms with Gasteiger partial charge in [-0.25, -0.2) is 4.57 Å². The minimum absolute atomic E-state index is 0.0908. The number of esters is 2. The van der Waals surface area contributed by atoms with Crippen molar-refractivity contribution in [1.29, 1.82) is 0 Å². The standard InChI is InChI=1S/C40H72NO10P/c1-3-5-7-9-11-13-15-16-17-18-19-20-22-24-26-28-30-32-39(43)51-36(34-49-52(46,47)50-35-37(41)40(44)45)33-48-38(42)31-29-27-25-23-21-14-12-10-8-6-4-2/h16-17,19-20,24,26,36-37H,3-15,18,21-23,25,27-35,41H2,1-2H3,(H,44,45)(H,46,47)/b17-16-,20-19-,26-24-/t36-,37+/m1/s1. The smallest absolute Gasteiger partial charge is 0.472 e. The van der Waals surface area contributed by atoms with E-state index in [1.807, 2.05) is 12.2 Å². The summed E-state index contributed by atoms with van der Waals surface area (Å²) < 4.78 is 32.5. The second-order valence-electron chi connectivity index (χ2n) is 13.4. The van der Waals surface area contributed by atoms with E-state index >= 15 is 0 Å². The molecule has 0 spiro atoms. The number of rotatable bonds is 37. The lowest BCUT2D eigenvalue weighted by Gasteiger charge is -2.20. The van der Waals surface area contributed by atoms with E-state index in [1.165, 1.54) is 83.5 Å². The number of carboxylic acids is 1. The molecule has 0 amide bonds. The maximum atomic E-state index is 12.6. The number of phosphoric ester groups is 1. The molecule has 1 unspecified atom stereocenters. The van der Waals surface area contributed by atoms with Crippen molar-refractivity contribution in [2.45, 2.75) is 180 Å². The largest absolute Gasteiger partial charge is 0.480 e. The molecule has 0 saturated carbocycles. The molecule has 0 aromatic rings. The molecule has 0 saturated heterocycles. The first-order chi connectivity index (χ1) is 25.1. The Morgan fingerprint density at radius 3 is 1.58 bits per heavy atom. The monoisotopic (exact) mass is 757 g/mol. The maximum Gasteiger partial charge on any atom is 0.472 e. The molecule has 0 aromatic carbocycles. The van der Waals surface area contributed by atoms with E-state index in [2.05, 4.69) is 42.7 Å². The van der Waals surface area contributed by atoms with Crippen LogP contribution in [0.1, 0.15) is 168 Å². The highest BCUT2D eigenvalue weighted by Crippen LogP contribution is 2.43. The zero-order chi connectivity index (χ0) is 38.5. The molecule has 0 aliphatic rings. The van der Waals surface area contributed by atoms with Gasteiger partial charge in [0.05, 0.1) is 13.2 Å². The number of allylic oxidation sites excluding steroid dienone is 6. The number of aliphatic carboxylic acids is 1. The molecule has 0 aliphatic carbocycles. The minimum atomic E-state index is -4.72. The van der Waals surface area contributed by atoms with E-state index in [0.29, 0.717) is 19.3 Å². The Morgan fingerprint density at radius 1 is 0.596 bits per heavy atom. The molecular weight excluding hydrogens is 685 g/mol. The lowest BCUT2D eigenvalue weighted by Crippen LogP contribution is -2.34. The number of nitrogens with two attached hydrogens (primary N) is 1. The molecular formula is C40H72NO10P. The van der Waals surface area contributed by atoms with Crippen molar-refractivity contribution in [2.24, 2.45) is 5.73 Å². The van der Waals surface area contributed by atoms with Gasteiger partial charge < -0.3 is 25.2 Å². The zero-order valence-corrected chi connectivity index (χ0v) is 33.3. The Morgan fingerprint density at radius 2 is 1.04 bits per heavy atom. The van der Waals surface area contributed by atoms with Crippen molar-refractivity contribution in [1.82, 2.24) is 0 Å². The summed E-state index contributed by atoms with van der Waals surface area (Å²) in [6.07, 6.45) is 36.5. The quantitative estimate of drug-likeness (QED) is 0.0238. The molecule has 0 aromatic heterocycles. The van der Waals surface area contributed by atoms with Gasteiger partial charge in [0.1, 0.15) is 12.6 Å². The summed E-state index contributed by atoms with van der Waals surface area (Å²) >= 11 is 0. The first-order valence-corrected chi connectivity index (χ1v) is 21.5. The number of phosphoric acid groups is 1. The van der Waals surface area contributed by atoms with Gasteiger partial charge in [0.25, 0.3) is 0 Å². The van der Waals surface area contributed by atoms with Gasteiger partial charge in [0.2, 0.25) is 0 Å². The van der Waals surface area contributed by atoms with Gasteiger partial charge in [-0.1, -0.05) is 147 Å². The van der Waals surface area contributed by atoms with Crippen LogP contribution in [-0.4, -0.2) is 59.9 Å². The molecule has 0 aliphatic heterocycles. The van der Waals surface area contributed by atoms with E-state index in [9.17, 15) is 23.8 Å². The normalized spacial score (nSPS) is 14.2. The maximum absolute atomic E-state index is 12.6. The number of hydrogen-bond donors (Lipinski definition) is 3. The van der Waals surface area contributed by atoms with Crippen LogP contribution in [0, 0.1) is 0 Å². The molecule has 0 bridgehead atoms. The molecule has 0 radical (unpaired) electrons. The molecule has 302 valence electrons. The van der Waals surface area contributed by atoms with Crippen molar-refractivity contribution in [3.63, 3.8) is 0 Å². The topological polar surface area (TPSA) is 172 Å². The fraction of sp³-hybridized carbons (Fsp3) is 0.775. The van der Waals surface area contributed by atoms with Crippen molar-refractivity contribution in [2.75, 3.05) is 19.8 Å². The van der Waals surface area contributed by atoms with E-state index in [-0.39, 0.29) is 19.4 Å². The molecule has 52 heavy (non-hydrogen) atoms. The van der Waals surface area contributed by atoms with Gasteiger partial charge >= 0.3 is 25.7 Å². The third kappa shape index (κ3) is 34.8. The average Bonchev–Trinajstić information content (AvgIpc) is 3.12. The predicted octanol–water partition coefficient (Wildman–Crippen LogP) is 10.1. The summed E-state index contributed by atoms with van der Waals surface area (Å²) in [5.41, 5.74) is 5.31. The van der Waals surface area contributed by atoms with Crippen molar-refractivity contribution in [3.05, 3.63) is 36.5 Å². The van der Waals surface area contributed by atoms with Gasteiger partial charge in [0, 0.05) is 12.8 Å². The third-order valence-corrected chi connectivity index (χ3v) is 9.34. The van der Waals surface area contributed by atoms with Gasteiger partial charge in [0.15, 0.2) is 6.10 Å². The molecule has 11 nitrogen and oxygen atoms in total. The van der Waals surface area contributed by atoms with Crippen molar-refractivity contribution >= 4 is 25.7 Å². The van der Waals surface area contributed by atoms with E-state index in [1.54, 1.807) is 0 Å². The third-order valence-electron chi connectivity index (χ3n) is 8.39. The van der Waals surface area contributed by atoms with Gasteiger partial charge in [-0.05, 0) is 44.9 Å². The number of carbonyl (C=O) groups excluding carboxylic acids is 2. The number of hydrogen-bond acceptors (Lipinski definition) is 9. The number of unbranched alkanes of at least 4 members (excludes halogenated alkanes) is 17. The number of ether oxygens (including phenoxy) is 2. The number of carboxylic acid groups (broad SMARTS) is 1. The summed E-state index contributed by atoms with van der Waals surface area (Å²) in [6.45, 7) is 2.72. The Labute approximate surface area is 314 Å². The van der Waals surface area contributed by atoms with Crippen LogP contribution >= 0.6 is 7.82 Å². The molecule has 3 atom stereocenters. The summed E-state index contributed by atoms with van der Waals surface area (Å²) in [7, 11) is -4.72. The lowest BCUT2D eigenvalue weighted by atomic mass is 10.1. The second-order valence-corrected chi connectivity index (χ2v) is 14.9. The molecule has 0 rings (SSSR count). The van der Waals surface area contributed by atoms with E-state index in [0.717, 1.165) is 38.5 Å². The van der Waals surface area contributed by atoms with Crippen LogP contribution < -0.4 is 5.73 Å². The second kappa shape index (κ2) is 35.7. The highest BCUT2D eigenvalue weighted by Gasteiger charge is 2.28. The Hall–Kier alpha value is -2.30. The Bertz CT molecular complexity index is 1030. The Balaban J connectivity index is 4.50. The van der Waals surface area contributed by atoms with Crippen LogP contribution in [0.15, 0.2) is 36.5 Å². The zero-order valence-electron chi connectivity index (χ0n) is 32.4. The molecule has 4 N–H and O–H groups in total. The van der Waals surface area contributed by atoms with E-state index in [4.69, 9.17) is 24.8 Å². The average molecular weight is 758 g/mol. The van der Waals surface area contributed by atoms with Crippen LogP contribution in [0.4, 0.5) is 0 Å². The fourth-order valence-electron chi connectivity index (χ4n) is 5.20. The van der Waals surface area contributed by atoms with Crippen molar-refractivity contribution in [3.8, 4) is 0 Å². The summed E-state index contributed by atoms with van der Waals surface area (Å²) in [4.78, 5) is 45.7. The molecule has 0 fully saturated rings. The van der Waals surface area contributed by atoms with Crippen LogP contribution in [0.3, 0.4) is 0 Å². The molecule has 0 heterocycles. The predicted molar refractivity (Wildman–Crippen MR) is 208 cm³/mol. The SMILES string of the molecule is CCCCCCCC/C=C\C/C=C\C/C=C\CCCC(=O)O[C@H](COC(=O)CCCCCCCCCCCCC)COP(=O)(O)OC[C@H](N)C(=O)O. The first-order valence-electron chi connectivity index (χ1n) is 20.0. The first kappa shape index (κ1) is 49.7. The van der Waals surface area contributed by atoms with Crippen LogP contribution in [-0.2, 0) is 37.5 Å². The van der Waals surface area contributed by atoms with Crippen LogP contribution in [0.2, 0.25) is 0 Å². The highest BCUT2D eigenvalue weighted by molar-refractivity contribution is 7.47. The van der Waals surface area contributed by atoms with Gasteiger partial charge in [-0.2, -0.15) is 0 Å². The highest BCUT2D eigenvalue weighted by atomic mass is 31.2. The molecule has 12 heteroatoms. The fourth-order valence-corrected chi connectivity index (χ4v) is 5.98. The minimum Gasteiger partial charge on any atom is -0.480 e. The van der Waals surface area contributed by atoms with Crippen molar-refractivity contribution < 1.29 is 47.5 Å². The lowest BCUT2D eigenvalue weighted by molar-refractivity contribution is -0.161. The van der Waals surface area contributed by atoms with Gasteiger partial charge in [-0.3, -0.25) is 23.4 Å². The summed E-state index contributed by atoms with van der Waals surface area (Å²) in [6, 6.07) is -1.53. The summed E-state index contributed by atoms with van der Waals surface area (Å²) in [5.74, 6) is -2.45. The van der Waals surface area contributed by atoms with Crippen LogP contribution in [0.5, 0.6) is 0 Å². The van der Waals surface area contributed by atoms with E-state index < -0.39 is 51.1 Å². The Kier molecular flexibility index (Phi) is 34.1. The summed E-state index contributed by atoms with van der Waals surface area (Å²) in [5, 5.41) is 8.86. The van der Waals surface area contributed by atoms with Gasteiger partial charge in [-0.15, -0.1) is 0 Å².